The molecule has 1 spiro atoms. The number of fused-ring (bicyclic) bond motifs is 1. The Hall–Kier alpha value is -3.93. The van der Waals surface area contributed by atoms with E-state index in [1.807, 2.05) is 70.0 Å². The highest BCUT2D eigenvalue weighted by Gasteiger charge is 2.46. The first kappa shape index (κ1) is 33.6. The van der Waals surface area contributed by atoms with E-state index >= 15 is 0 Å². The molecule has 2 aliphatic rings. The van der Waals surface area contributed by atoms with Gasteiger partial charge in [-0.3, -0.25) is 9.10 Å². The van der Waals surface area contributed by atoms with Gasteiger partial charge in [0.15, 0.2) is 11.0 Å². The minimum Gasteiger partial charge on any atom is -0.460 e. The van der Waals surface area contributed by atoms with E-state index in [0.29, 0.717) is 22.6 Å². The van der Waals surface area contributed by atoms with Gasteiger partial charge >= 0.3 is 5.97 Å². The van der Waals surface area contributed by atoms with Crippen LogP contribution in [0.4, 0.5) is 11.4 Å². The molecule has 2 fully saturated rings. The molecule has 0 bridgehead atoms. The molecule has 0 N–H and O–H groups in total. The van der Waals surface area contributed by atoms with Crippen molar-refractivity contribution in [2.45, 2.75) is 38.0 Å². The molecule has 2 saturated heterocycles. The summed E-state index contributed by atoms with van der Waals surface area (Å²) in [6.45, 7) is 7.67. The Morgan fingerprint density at radius 1 is 1.02 bits per heavy atom. The summed E-state index contributed by atoms with van der Waals surface area (Å²) in [4.78, 5) is 31.4. The van der Waals surface area contributed by atoms with Gasteiger partial charge in [-0.05, 0) is 96.4 Å². The smallest absolute Gasteiger partial charge is 0.374 e. The first-order valence-corrected chi connectivity index (χ1v) is 19.3. The van der Waals surface area contributed by atoms with E-state index in [1.165, 1.54) is 16.9 Å². The molecule has 5 aromatic rings. The van der Waals surface area contributed by atoms with Gasteiger partial charge < -0.3 is 19.0 Å². The number of aryl methyl sites for hydroxylation is 1. The number of carbonyl (C=O) groups excluding carboxylic acids is 2. The van der Waals surface area contributed by atoms with Gasteiger partial charge in [0, 0.05) is 53.6 Å². The maximum Gasteiger partial charge on any atom is 0.374 e. The molecule has 8 nitrogen and oxygen atoms in total. The standard InChI is InChI=1S/C38H38BrN3O5S2/c1-3-46-37(44)34-26(2)29-23-28(13-14-33(29)47-34)49(45)42(19-15-27-9-5-4-6-10-27)32-12-8-7-11-31(32)41-24-38(25-41)17-20-40(21-18-38)36(43)35-30(39)16-22-48-35/h4-14,16,22-23H,3,15,17-21,24-25H2,1-2H3. The lowest BCUT2D eigenvalue weighted by molar-refractivity contribution is 0.0488. The molecule has 1 unspecified atom stereocenters. The Morgan fingerprint density at radius 2 is 1.76 bits per heavy atom. The van der Waals surface area contributed by atoms with Crippen LogP contribution in [0.25, 0.3) is 11.0 Å². The second-order valence-corrected chi connectivity index (χ2v) is 15.9. The molecule has 11 heteroatoms. The maximum absolute atomic E-state index is 14.6. The van der Waals surface area contributed by atoms with Gasteiger partial charge in [-0.25, -0.2) is 9.00 Å². The van der Waals surface area contributed by atoms with Gasteiger partial charge in [0.2, 0.25) is 5.76 Å². The van der Waals surface area contributed by atoms with Crippen molar-refractivity contribution in [3.63, 3.8) is 0 Å². The summed E-state index contributed by atoms with van der Waals surface area (Å²) in [6, 6.07) is 25.9. The fourth-order valence-electron chi connectivity index (χ4n) is 6.96. The second-order valence-electron chi connectivity index (χ2n) is 12.8. The minimum absolute atomic E-state index is 0.107. The molecule has 2 aliphatic heterocycles. The number of benzene rings is 3. The number of piperidine rings is 1. The number of halogens is 1. The SMILES string of the molecule is CCOC(=O)c1oc2ccc(S(=O)N(CCc3ccccc3)c3ccccc3N3CC4(CCN(C(=O)c5sccc5Br)CC4)C3)cc2c1C. The molecule has 7 rings (SSSR count). The van der Waals surface area contributed by atoms with Crippen LogP contribution >= 0.6 is 27.3 Å². The molecule has 3 aromatic carbocycles. The van der Waals surface area contributed by atoms with Crippen LogP contribution in [-0.4, -0.2) is 60.3 Å². The average molecular weight is 761 g/mol. The molecule has 0 radical (unpaired) electrons. The van der Waals surface area contributed by atoms with E-state index in [1.54, 1.807) is 13.0 Å². The lowest BCUT2D eigenvalue weighted by atomic mass is 9.71. The molecule has 1 amide bonds. The Morgan fingerprint density at radius 3 is 2.47 bits per heavy atom. The van der Waals surface area contributed by atoms with Gasteiger partial charge in [-0.15, -0.1) is 11.3 Å². The molecule has 4 heterocycles. The number of amides is 1. The normalized spacial score (nSPS) is 16.1. The predicted octanol–water partition coefficient (Wildman–Crippen LogP) is 8.26. The van der Waals surface area contributed by atoms with Gasteiger partial charge in [0.05, 0.1) is 22.9 Å². The number of nitrogens with zero attached hydrogens (tertiary/aromatic N) is 3. The Labute approximate surface area is 301 Å². The van der Waals surface area contributed by atoms with Crippen molar-refractivity contribution >= 4 is 72.5 Å². The highest BCUT2D eigenvalue weighted by molar-refractivity contribution is 9.10. The molecule has 0 aliphatic carbocycles. The summed E-state index contributed by atoms with van der Waals surface area (Å²) >= 11 is 5.00. The summed E-state index contributed by atoms with van der Waals surface area (Å²) in [5.41, 5.74) is 4.52. The van der Waals surface area contributed by atoms with Crippen LogP contribution in [0.15, 0.2) is 98.0 Å². The first-order valence-electron chi connectivity index (χ1n) is 16.6. The zero-order chi connectivity index (χ0) is 34.1. The van der Waals surface area contributed by atoms with Crippen LogP contribution in [0.1, 0.15) is 51.1 Å². The van der Waals surface area contributed by atoms with Crippen LogP contribution < -0.4 is 9.21 Å². The fraction of sp³-hybridized carbons (Fsp3) is 0.316. The third-order valence-corrected chi connectivity index (χ3v) is 12.9. The van der Waals surface area contributed by atoms with Crippen LogP contribution in [-0.2, 0) is 22.1 Å². The number of furan rings is 1. The van der Waals surface area contributed by atoms with E-state index in [9.17, 15) is 13.8 Å². The largest absolute Gasteiger partial charge is 0.460 e. The van der Waals surface area contributed by atoms with Crippen molar-refractivity contribution in [1.29, 1.82) is 0 Å². The molecule has 0 saturated carbocycles. The number of thiophene rings is 1. The predicted molar refractivity (Wildman–Crippen MR) is 199 cm³/mol. The van der Waals surface area contributed by atoms with E-state index in [4.69, 9.17) is 9.15 Å². The average Bonchev–Trinajstić information content (AvgIpc) is 3.69. The van der Waals surface area contributed by atoms with E-state index in [0.717, 1.165) is 71.6 Å². The van der Waals surface area contributed by atoms with Crippen molar-refractivity contribution in [2.75, 3.05) is 48.5 Å². The summed E-state index contributed by atoms with van der Waals surface area (Å²) in [7, 11) is -1.56. The van der Waals surface area contributed by atoms with Gasteiger partial charge in [-0.1, -0.05) is 42.5 Å². The number of para-hydroxylation sites is 2. The molecule has 254 valence electrons. The number of rotatable bonds is 10. The lowest BCUT2D eigenvalue weighted by Crippen LogP contribution is -2.61. The number of hydrogen-bond donors (Lipinski definition) is 0. The van der Waals surface area contributed by atoms with Gasteiger partial charge in [0.1, 0.15) is 10.5 Å². The van der Waals surface area contributed by atoms with E-state index in [2.05, 4.69) is 45.1 Å². The number of likely N-dealkylation sites (tertiary alicyclic amines) is 1. The lowest BCUT2D eigenvalue weighted by Gasteiger charge is -2.55. The zero-order valence-corrected chi connectivity index (χ0v) is 30.7. The highest BCUT2D eigenvalue weighted by Crippen LogP contribution is 2.46. The third-order valence-electron chi connectivity index (χ3n) is 9.68. The van der Waals surface area contributed by atoms with Gasteiger partial charge in [-0.2, -0.15) is 0 Å². The molecular weight excluding hydrogens is 722 g/mol. The summed E-state index contributed by atoms with van der Waals surface area (Å²) in [5.74, 6) is -0.222. The highest BCUT2D eigenvalue weighted by atomic mass is 79.9. The monoisotopic (exact) mass is 759 g/mol. The quantitative estimate of drug-likeness (QED) is 0.133. The summed E-state index contributed by atoms with van der Waals surface area (Å²) < 4.78 is 28.5. The molecule has 1 atom stereocenters. The maximum atomic E-state index is 14.6. The number of ether oxygens (including phenoxy) is 1. The molecule has 2 aromatic heterocycles. The number of hydrogen-bond acceptors (Lipinski definition) is 7. The van der Waals surface area contributed by atoms with Crippen LogP contribution in [0.3, 0.4) is 0 Å². The number of carbonyl (C=O) groups is 2. The zero-order valence-electron chi connectivity index (χ0n) is 27.5. The van der Waals surface area contributed by atoms with Crippen molar-refractivity contribution in [2.24, 2.45) is 5.41 Å². The van der Waals surface area contributed by atoms with E-state index in [-0.39, 0.29) is 23.7 Å². The van der Waals surface area contributed by atoms with Crippen LogP contribution in [0, 0.1) is 12.3 Å². The number of esters is 1. The Kier molecular flexibility index (Phi) is 9.68. The third kappa shape index (κ3) is 6.68. The Bertz CT molecular complexity index is 2010. The topological polar surface area (TPSA) is 83.3 Å². The molecular formula is C38H38BrN3O5S2. The van der Waals surface area contributed by atoms with Crippen molar-refractivity contribution in [3.05, 3.63) is 110 Å². The van der Waals surface area contributed by atoms with Crippen molar-refractivity contribution in [3.8, 4) is 0 Å². The number of anilines is 2. The van der Waals surface area contributed by atoms with Gasteiger partial charge in [0.25, 0.3) is 5.91 Å². The minimum atomic E-state index is -1.56. The summed E-state index contributed by atoms with van der Waals surface area (Å²) in [6.07, 6.45) is 2.64. The Balaban J connectivity index is 1.13. The van der Waals surface area contributed by atoms with Crippen LogP contribution in [0.2, 0.25) is 0 Å². The molecule has 49 heavy (non-hydrogen) atoms. The fourth-order valence-corrected chi connectivity index (χ4v) is 9.72. The summed E-state index contributed by atoms with van der Waals surface area (Å²) in [5, 5.41) is 2.69. The van der Waals surface area contributed by atoms with Crippen molar-refractivity contribution in [1.82, 2.24) is 4.90 Å². The first-order chi connectivity index (χ1) is 23.8. The second kappa shape index (κ2) is 14.1. The van der Waals surface area contributed by atoms with Crippen molar-refractivity contribution < 1.29 is 23.0 Å². The van der Waals surface area contributed by atoms with E-state index < -0.39 is 17.0 Å². The van der Waals surface area contributed by atoms with Crippen LogP contribution in [0.5, 0.6) is 0 Å².